The number of para-hydroxylation sites is 1. The molecule has 29 heavy (non-hydrogen) atoms. The van der Waals surface area contributed by atoms with Crippen molar-refractivity contribution in [3.63, 3.8) is 0 Å². The van der Waals surface area contributed by atoms with Crippen molar-refractivity contribution in [2.24, 2.45) is 7.05 Å². The number of benzene rings is 2. The Morgan fingerprint density at radius 2 is 1.76 bits per heavy atom. The zero-order valence-corrected chi connectivity index (χ0v) is 16.0. The second-order valence-corrected chi connectivity index (χ2v) is 6.66. The number of nitrogens with one attached hydrogen (secondary N) is 1. The molecule has 0 aliphatic carbocycles. The molecule has 152 valence electrons. The standard InChI is InChI=1S/C18H11Cl2F4N3O2/c1-27-16(14(21)15(26-27)18(22,23)24)25-17(28)12-4-2-3-5-13(12)29-11-7-9(19)6-10(20)8-11/h2-8H,1H3,(H,25,28). The molecule has 11 heteroatoms. The van der Waals surface area contributed by atoms with Gasteiger partial charge >= 0.3 is 6.18 Å². The van der Waals surface area contributed by atoms with Gasteiger partial charge in [-0.2, -0.15) is 18.3 Å². The van der Waals surface area contributed by atoms with Gasteiger partial charge in [-0.15, -0.1) is 0 Å². The number of halogens is 6. The molecule has 5 nitrogen and oxygen atoms in total. The van der Waals surface area contributed by atoms with Gasteiger partial charge in [0.2, 0.25) is 5.69 Å². The van der Waals surface area contributed by atoms with Crippen molar-refractivity contribution in [1.82, 2.24) is 9.78 Å². The zero-order chi connectivity index (χ0) is 21.3. The zero-order valence-electron chi connectivity index (χ0n) is 14.5. The van der Waals surface area contributed by atoms with Crippen LogP contribution >= 0.6 is 23.2 Å². The second-order valence-electron chi connectivity index (χ2n) is 5.79. The highest BCUT2D eigenvalue weighted by Crippen LogP contribution is 2.34. The van der Waals surface area contributed by atoms with E-state index in [0.29, 0.717) is 14.7 Å². The molecule has 0 aliphatic heterocycles. The predicted molar refractivity (Wildman–Crippen MR) is 99.1 cm³/mol. The number of hydrogen-bond acceptors (Lipinski definition) is 3. The van der Waals surface area contributed by atoms with Gasteiger partial charge in [-0.3, -0.25) is 4.79 Å². The molecule has 1 heterocycles. The van der Waals surface area contributed by atoms with Gasteiger partial charge in [0.05, 0.1) is 5.56 Å². The molecule has 0 radical (unpaired) electrons. The molecule has 0 aliphatic rings. The predicted octanol–water partition coefficient (Wildman–Crippen LogP) is 5.93. The fourth-order valence-corrected chi connectivity index (χ4v) is 2.95. The first-order valence-corrected chi connectivity index (χ1v) is 8.66. The fourth-order valence-electron chi connectivity index (χ4n) is 2.45. The van der Waals surface area contributed by atoms with Crippen molar-refractivity contribution in [3.8, 4) is 11.5 Å². The van der Waals surface area contributed by atoms with E-state index in [-0.39, 0.29) is 17.1 Å². The first kappa shape index (κ1) is 20.9. The molecule has 1 aromatic heterocycles. The first-order chi connectivity index (χ1) is 13.6. The minimum Gasteiger partial charge on any atom is -0.456 e. The first-order valence-electron chi connectivity index (χ1n) is 7.90. The van der Waals surface area contributed by atoms with Gasteiger partial charge in [0, 0.05) is 17.1 Å². The third-order valence-corrected chi connectivity index (χ3v) is 4.12. The summed E-state index contributed by atoms with van der Waals surface area (Å²) in [4.78, 5) is 12.6. The number of carbonyl (C=O) groups is 1. The third-order valence-electron chi connectivity index (χ3n) is 3.69. The van der Waals surface area contributed by atoms with Gasteiger partial charge in [-0.05, 0) is 30.3 Å². The minimum atomic E-state index is -5.00. The smallest absolute Gasteiger partial charge is 0.438 e. The number of amides is 1. The number of carbonyl (C=O) groups excluding carboxylic acids is 1. The highest BCUT2D eigenvalue weighted by molar-refractivity contribution is 6.34. The molecule has 1 amide bonds. The average Bonchev–Trinajstić information content (AvgIpc) is 2.89. The van der Waals surface area contributed by atoms with E-state index in [1.807, 2.05) is 0 Å². The molecule has 0 atom stereocenters. The third kappa shape index (κ3) is 4.63. The van der Waals surface area contributed by atoms with Crippen LogP contribution in [0.4, 0.5) is 23.4 Å². The molecule has 0 bridgehead atoms. The van der Waals surface area contributed by atoms with E-state index in [2.05, 4.69) is 10.4 Å². The van der Waals surface area contributed by atoms with Gasteiger partial charge in [0.25, 0.3) is 5.91 Å². The van der Waals surface area contributed by atoms with Crippen molar-refractivity contribution in [2.45, 2.75) is 6.18 Å². The van der Waals surface area contributed by atoms with Gasteiger partial charge in [-0.25, -0.2) is 9.07 Å². The average molecular weight is 448 g/mol. The number of aromatic nitrogens is 2. The molecule has 0 saturated heterocycles. The van der Waals surface area contributed by atoms with E-state index in [1.54, 1.807) is 6.07 Å². The number of ether oxygens (including phenoxy) is 1. The largest absolute Gasteiger partial charge is 0.456 e. The molecule has 0 fully saturated rings. The van der Waals surface area contributed by atoms with Crippen LogP contribution in [0.1, 0.15) is 16.1 Å². The second kappa shape index (κ2) is 7.92. The summed E-state index contributed by atoms with van der Waals surface area (Å²) in [5.41, 5.74) is -1.79. The summed E-state index contributed by atoms with van der Waals surface area (Å²) in [5.74, 6) is -3.03. The molecule has 3 aromatic rings. The number of aryl methyl sites for hydroxylation is 1. The van der Waals surface area contributed by atoms with Crippen molar-refractivity contribution in [3.05, 3.63) is 69.6 Å². The summed E-state index contributed by atoms with van der Waals surface area (Å²) >= 11 is 11.8. The SMILES string of the molecule is Cn1nc(C(F)(F)F)c(F)c1NC(=O)c1ccccc1Oc1cc(Cl)cc(Cl)c1. The van der Waals surface area contributed by atoms with Crippen molar-refractivity contribution < 1.29 is 27.1 Å². The molecule has 0 saturated carbocycles. The minimum absolute atomic E-state index is 0.0574. The fraction of sp³-hybridized carbons (Fsp3) is 0.111. The van der Waals surface area contributed by atoms with Crippen LogP contribution < -0.4 is 10.1 Å². The van der Waals surface area contributed by atoms with Gasteiger partial charge in [0.15, 0.2) is 11.6 Å². The van der Waals surface area contributed by atoms with Crippen LogP contribution in [0.25, 0.3) is 0 Å². The Morgan fingerprint density at radius 1 is 1.14 bits per heavy atom. The Balaban J connectivity index is 1.91. The van der Waals surface area contributed by atoms with Gasteiger partial charge in [-0.1, -0.05) is 35.3 Å². The van der Waals surface area contributed by atoms with Crippen LogP contribution in [0.3, 0.4) is 0 Å². The topological polar surface area (TPSA) is 56.2 Å². The quantitative estimate of drug-likeness (QED) is 0.504. The molecule has 0 spiro atoms. The Labute approximate surface area is 171 Å². The van der Waals surface area contributed by atoms with E-state index in [9.17, 15) is 22.4 Å². The monoisotopic (exact) mass is 447 g/mol. The van der Waals surface area contributed by atoms with Crippen molar-refractivity contribution in [2.75, 3.05) is 5.32 Å². The summed E-state index contributed by atoms with van der Waals surface area (Å²) in [5, 5.41) is 5.76. The summed E-state index contributed by atoms with van der Waals surface area (Å²) in [6, 6.07) is 10.3. The van der Waals surface area contributed by atoms with Crippen LogP contribution in [0, 0.1) is 5.82 Å². The lowest BCUT2D eigenvalue weighted by Gasteiger charge is -2.12. The van der Waals surface area contributed by atoms with Crippen LogP contribution in [0.15, 0.2) is 42.5 Å². The van der Waals surface area contributed by atoms with E-state index >= 15 is 0 Å². The highest BCUT2D eigenvalue weighted by Gasteiger charge is 2.40. The molecular weight excluding hydrogens is 437 g/mol. The number of anilines is 1. The molecule has 3 rings (SSSR count). The summed E-state index contributed by atoms with van der Waals surface area (Å²) in [7, 11) is 1.07. The lowest BCUT2D eigenvalue weighted by Crippen LogP contribution is -2.16. The van der Waals surface area contributed by atoms with Gasteiger partial charge in [0.1, 0.15) is 11.5 Å². The lowest BCUT2D eigenvalue weighted by molar-refractivity contribution is -0.143. The van der Waals surface area contributed by atoms with Crippen molar-refractivity contribution in [1.29, 1.82) is 0 Å². The van der Waals surface area contributed by atoms with Crippen LogP contribution in [0.2, 0.25) is 10.0 Å². The summed E-state index contributed by atoms with van der Waals surface area (Å²) < 4.78 is 58.8. The molecule has 2 aromatic carbocycles. The molecular formula is C18H11Cl2F4N3O2. The van der Waals surface area contributed by atoms with E-state index < -0.39 is 29.4 Å². The maximum atomic E-state index is 14.1. The highest BCUT2D eigenvalue weighted by atomic mass is 35.5. The Bertz CT molecular complexity index is 1060. The van der Waals surface area contributed by atoms with Crippen LogP contribution in [-0.2, 0) is 13.2 Å². The Hall–Kier alpha value is -2.78. The normalized spacial score (nSPS) is 11.4. The van der Waals surface area contributed by atoms with Crippen LogP contribution in [-0.4, -0.2) is 15.7 Å². The maximum Gasteiger partial charge on any atom is 0.438 e. The number of alkyl halides is 3. The maximum absolute atomic E-state index is 14.1. The summed E-state index contributed by atoms with van der Waals surface area (Å²) in [6.45, 7) is 0. The Kier molecular flexibility index (Phi) is 5.72. The van der Waals surface area contributed by atoms with E-state index in [4.69, 9.17) is 27.9 Å². The lowest BCUT2D eigenvalue weighted by atomic mass is 10.2. The number of rotatable bonds is 4. The van der Waals surface area contributed by atoms with E-state index in [1.165, 1.54) is 36.4 Å². The Morgan fingerprint density at radius 3 is 2.34 bits per heavy atom. The summed E-state index contributed by atoms with van der Waals surface area (Å²) in [6.07, 6.45) is -5.00. The number of nitrogens with zero attached hydrogens (tertiary/aromatic N) is 2. The van der Waals surface area contributed by atoms with Crippen LogP contribution in [0.5, 0.6) is 11.5 Å². The number of hydrogen-bond donors (Lipinski definition) is 1. The van der Waals surface area contributed by atoms with E-state index in [0.717, 1.165) is 7.05 Å². The van der Waals surface area contributed by atoms with Crippen molar-refractivity contribution >= 4 is 34.9 Å². The van der Waals surface area contributed by atoms with Gasteiger partial charge < -0.3 is 10.1 Å². The molecule has 0 unspecified atom stereocenters. The molecule has 1 N–H and O–H groups in total.